The first-order valence-corrected chi connectivity index (χ1v) is 8.98. The smallest absolute Gasteiger partial charge is 0.241 e. The largest absolute Gasteiger partial charge is 0.258 e. The highest BCUT2D eigenvalue weighted by Gasteiger charge is 2.14. The fourth-order valence-corrected chi connectivity index (χ4v) is 2.98. The van der Waals surface area contributed by atoms with Gasteiger partial charge in [-0.05, 0) is 36.4 Å². The number of nitrogens with zero attached hydrogens (tertiary/aromatic N) is 7. The lowest BCUT2D eigenvalue weighted by molar-refractivity contribution is 0.562. The first-order valence-electron chi connectivity index (χ1n) is 7.50. The Morgan fingerprint density at radius 1 is 1.19 bits per heavy atom. The van der Waals surface area contributed by atoms with Crippen molar-refractivity contribution in [1.82, 2.24) is 34.9 Å². The van der Waals surface area contributed by atoms with Gasteiger partial charge in [-0.2, -0.15) is 14.8 Å². The molecule has 0 aliphatic heterocycles. The van der Waals surface area contributed by atoms with Crippen LogP contribution in [0.2, 0.25) is 0 Å². The summed E-state index contributed by atoms with van der Waals surface area (Å²) < 4.78 is 26.1. The maximum absolute atomic E-state index is 11.9. The zero-order valence-electron chi connectivity index (χ0n) is 13.7. The molecule has 0 radical (unpaired) electrons. The minimum absolute atomic E-state index is 0.0545. The molecule has 2 aromatic heterocycles. The second-order valence-electron chi connectivity index (χ2n) is 5.30. The van der Waals surface area contributed by atoms with Crippen molar-refractivity contribution < 1.29 is 8.42 Å². The Bertz CT molecular complexity index is 1040. The molecule has 0 fully saturated rings. The van der Waals surface area contributed by atoms with Crippen molar-refractivity contribution in [3.8, 4) is 17.5 Å². The second kappa shape index (κ2) is 7.34. The number of nitriles is 1. The van der Waals surface area contributed by atoms with Crippen LogP contribution in [0, 0.1) is 18.3 Å². The van der Waals surface area contributed by atoms with Gasteiger partial charge >= 0.3 is 0 Å². The SMILES string of the molecule is Cc1cnc(Cn2nnc(-c3ccc(S(=O)(=O)NCC#N)cc3)n2)cn1. The molecule has 0 spiro atoms. The molecular weight excluding hydrogens is 356 g/mol. The minimum atomic E-state index is -3.71. The molecule has 0 saturated carbocycles. The van der Waals surface area contributed by atoms with Crippen LogP contribution in [-0.2, 0) is 16.6 Å². The van der Waals surface area contributed by atoms with Crippen molar-refractivity contribution in [2.75, 3.05) is 6.54 Å². The molecule has 0 amide bonds. The molecule has 3 rings (SSSR count). The predicted molar refractivity (Wildman–Crippen MR) is 89.9 cm³/mol. The Morgan fingerprint density at radius 2 is 1.96 bits per heavy atom. The average Bonchev–Trinajstić information content (AvgIpc) is 3.11. The van der Waals surface area contributed by atoms with E-state index in [1.165, 1.54) is 16.9 Å². The summed E-state index contributed by atoms with van der Waals surface area (Å²) in [5, 5.41) is 20.7. The number of sulfonamides is 1. The summed E-state index contributed by atoms with van der Waals surface area (Å²) in [6.07, 6.45) is 3.30. The summed E-state index contributed by atoms with van der Waals surface area (Å²) in [5.41, 5.74) is 2.13. The quantitative estimate of drug-likeness (QED) is 0.611. The lowest BCUT2D eigenvalue weighted by atomic mass is 10.2. The van der Waals surface area contributed by atoms with Gasteiger partial charge in [0.1, 0.15) is 6.54 Å². The van der Waals surface area contributed by atoms with Crippen molar-refractivity contribution >= 4 is 10.0 Å². The number of tetrazole rings is 1. The van der Waals surface area contributed by atoms with Crippen LogP contribution in [0.25, 0.3) is 11.4 Å². The topological polar surface area (TPSA) is 139 Å². The van der Waals surface area contributed by atoms with Crippen LogP contribution in [0.4, 0.5) is 0 Å². The van der Waals surface area contributed by atoms with E-state index in [0.29, 0.717) is 23.6 Å². The van der Waals surface area contributed by atoms with Gasteiger partial charge in [-0.15, -0.1) is 10.2 Å². The van der Waals surface area contributed by atoms with Crippen molar-refractivity contribution in [2.45, 2.75) is 18.4 Å². The van der Waals surface area contributed by atoms with Crippen molar-refractivity contribution in [3.05, 3.63) is 48.0 Å². The number of aromatic nitrogens is 6. The molecule has 0 saturated heterocycles. The maximum Gasteiger partial charge on any atom is 0.241 e. The zero-order chi connectivity index (χ0) is 18.6. The third kappa shape index (κ3) is 4.05. The first-order chi connectivity index (χ1) is 12.5. The molecule has 11 heteroatoms. The minimum Gasteiger partial charge on any atom is -0.258 e. The van der Waals surface area contributed by atoms with E-state index in [1.54, 1.807) is 30.6 Å². The van der Waals surface area contributed by atoms with E-state index in [1.807, 2.05) is 6.92 Å². The van der Waals surface area contributed by atoms with E-state index in [4.69, 9.17) is 5.26 Å². The van der Waals surface area contributed by atoms with Crippen LogP contribution in [0.5, 0.6) is 0 Å². The van der Waals surface area contributed by atoms with E-state index in [2.05, 4.69) is 30.1 Å². The van der Waals surface area contributed by atoms with Crippen LogP contribution < -0.4 is 4.72 Å². The van der Waals surface area contributed by atoms with Crippen LogP contribution in [0.15, 0.2) is 41.6 Å². The summed E-state index contributed by atoms with van der Waals surface area (Å²) in [6, 6.07) is 7.72. The third-order valence-corrected chi connectivity index (χ3v) is 4.77. The molecule has 132 valence electrons. The molecule has 0 atom stereocenters. The van der Waals surface area contributed by atoms with Crippen LogP contribution in [-0.4, -0.2) is 45.1 Å². The Balaban J connectivity index is 1.75. The normalized spacial score (nSPS) is 11.2. The molecule has 10 nitrogen and oxygen atoms in total. The van der Waals surface area contributed by atoms with Gasteiger partial charge in [-0.3, -0.25) is 9.97 Å². The van der Waals surface area contributed by atoms with E-state index < -0.39 is 10.0 Å². The van der Waals surface area contributed by atoms with Gasteiger partial charge in [0.15, 0.2) is 0 Å². The lowest BCUT2D eigenvalue weighted by Crippen LogP contribution is -2.23. The van der Waals surface area contributed by atoms with E-state index >= 15 is 0 Å². The van der Waals surface area contributed by atoms with Gasteiger partial charge in [0, 0.05) is 11.8 Å². The molecule has 0 aliphatic carbocycles. The maximum atomic E-state index is 11.9. The molecule has 0 bridgehead atoms. The molecular formula is C15H14N8O2S. The number of hydrogen-bond donors (Lipinski definition) is 1. The summed E-state index contributed by atoms with van der Waals surface area (Å²) in [7, 11) is -3.71. The molecule has 1 N–H and O–H groups in total. The molecule has 0 unspecified atom stereocenters. The zero-order valence-corrected chi connectivity index (χ0v) is 14.6. The highest BCUT2D eigenvalue weighted by molar-refractivity contribution is 7.89. The number of rotatable bonds is 6. The lowest BCUT2D eigenvalue weighted by Gasteiger charge is -2.03. The summed E-state index contributed by atoms with van der Waals surface area (Å²) in [5.74, 6) is 0.360. The third-order valence-electron chi connectivity index (χ3n) is 3.35. The van der Waals surface area contributed by atoms with Crippen LogP contribution >= 0.6 is 0 Å². The fourth-order valence-electron chi connectivity index (χ4n) is 2.07. The van der Waals surface area contributed by atoms with Crippen molar-refractivity contribution in [3.63, 3.8) is 0 Å². The van der Waals surface area contributed by atoms with Gasteiger partial charge in [0.05, 0.1) is 35.1 Å². The predicted octanol–water partition coefficient (Wildman–Crippen LogP) is 0.289. The van der Waals surface area contributed by atoms with Gasteiger partial charge in [-0.1, -0.05) is 0 Å². The Labute approximate surface area is 149 Å². The highest BCUT2D eigenvalue weighted by atomic mass is 32.2. The standard InChI is InChI=1S/C15H14N8O2S/c1-11-8-18-13(9-17-11)10-23-21-15(20-22-23)12-2-4-14(5-3-12)26(24,25)19-7-6-16/h2-5,8-9,19H,7,10H2,1H3. The second-order valence-corrected chi connectivity index (χ2v) is 7.07. The summed E-state index contributed by atoms with van der Waals surface area (Å²) in [6.45, 7) is 1.88. The van der Waals surface area contributed by atoms with Crippen LogP contribution in [0.1, 0.15) is 11.4 Å². The van der Waals surface area contributed by atoms with E-state index in [9.17, 15) is 8.42 Å². The molecule has 26 heavy (non-hydrogen) atoms. The number of nitrogens with one attached hydrogen (secondary N) is 1. The van der Waals surface area contributed by atoms with Gasteiger partial charge in [-0.25, -0.2) is 8.42 Å². The Kier molecular flexibility index (Phi) is 4.97. The van der Waals surface area contributed by atoms with E-state index in [0.717, 1.165) is 5.69 Å². The van der Waals surface area contributed by atoms with Gasteiger partial charge in [0.2, 0.25) is 15.8 Å². The van der Waals surface area contributed by atoms with Crippen molar-refractivity contribution in [1.29, 1.82) is 5.26 Å². The molecule has 1 aromatic carbocycles. The monoisotopic (exact) mass is 370 g/mol. The molecule has 3 aromatic rings. The average molecular weight is 370 g/mol. The van der Waals surface area contributed by atoms with Gasteiger partial charge < -0.3 is 0 Å². The summed E-state index contributed by atoms with van der Waals surface area (Å²) >= 11 is 0. The Morgan fingerprint density at radius 3 is 2.62 bits per heavy atom. The summed E-state index contributed by atoms with van der Waals surface area (Å²) in [4.78, 5) is 9.83. The molecule has 2 heterocycles. The van der Waals surface area contributed by atoms with Crippen molar-refractivity contribution in [2.24, 2.45) is 0 Å². The van der Waals surface area contributed by atoms with Crippen LogP contribution in [0.3, 0.4) is 0 Å². The highest BCUT2D eigenvalue weighted by Crippen LogP contribution is 2.17. The molecule has 0 aliphatic rings. The van der Waals surface area contributed by atoms with Gasteiger partial charge in [0.25, 0.3) is 0 Å². The number of hydrogen-bond acceptors (Lipinski definition) is 8. The van der Waals surface area contributed by atoms with E-state index in [-0.39, 0.29) is 11.4 Å². The number of benzene rings is 1. The first kappa shape index (κ1) is 17.6. The number of aryl methyl sites for hydroxylation is 1. The fraction of sp³-hybridized carbons (Fsp3) is 0.200. The Hall–Kier alpha value is -3.23.